The van der Waals surface area contributed by atoms with Gasteiger partial charge in [0.15, 0.2) is 0 Å². The summed E-state index contributed by atoms with van der Waals surface area (Å²) in [5.41, 5.74) is -4.62. The van der Waals surface area contributed by atoms with Gasteiger partial charge >= 0.3 is 24.7 Å². The average molecular weight is 405 g/mol. The lowest BCUT2D eigenvalue weighted by Crippen LogP contribution is -2.49. The molecule has 135 valence electrons. The molecule has 0 aliphatic rings. The third kappa shape index (κ3) is 5.14. The highest BCUT2D eigenvalue weighted by atomic mass is 32.2. The molecule has 0 atom stereocenters. The Morgan fingerprint density at radius 2 is 1.56 bits per heavy atom. The molecule has 0 saturated heterocycles. The molecule has 0 unspecified atom stereocenters. The van der Waals surface area contributed by atoms with Gasteiger partial charge in [0.1, 0.15) is 0 Å². The minimum Gasteiger partial charge on any atom is -0.296 e. The molecule has 0 aromatic heterocycles. The maximum atomic E-state index is 12.8. The molecular formula is C16H17F3O3PSSi. The molecule has 1 radical (unpaired) electrons. The van der Waals surface area contributed by atoms with Gasteiger partial charge in [-0.1, -0.05) is 54.6 Å². The Hall–Kier alpha value is -1.21. The molecule has 0 bridgehead atoms. The lowest BCUT2D eigenvalue weighted by atomic mass is 10.2. The summed E-state index contributed by atoms with van der Waals surface area (Å²) < 4.78 is 66.5. The van der Waals surface area contributed by atoms with Gasteiger partial charge in [0.05, 0.1) is 0 Å². The molecule has 0 aliphatic carbocycles. The van der Waals surface area contributed by atoms with Gasteiger partial charge in [-0.3, -0.25) is 3.87 Å². The Bertz CT molecular complexity index is 811. The standard InChI is InChI=1S/C16H17F3O3PSSi/c1-23(2)12-13-8-6-7-11-15(13)25(14-9-4-3-5-10-14)22-24(20,21)16(17,18)19/h3-11H,12H2,1-2H3. The van der Waals surface area contributed by atoms with Crippen molar-refractivity contribution in [2.45, 2.75) is 11.7 Å². The molecule has 2 aromatic carbocycles. The topological polar surface area (TPSA) is 43.4 Å². The SMILES string of the molecule is CP(C)Cc1ccccc1[Si](OS(=O)(=O)C(F)(F)F)c1ccccc1. The summed E-state index contributed by atoms with van der Waals surface area (Å²) in [7, 11) is -8.65. The molecule has 0 fully saturated rings. The zero-order valence-electron chi connectivity index (χ0n) is 13.6. The normalized spacial score (nSPS) is 12.8. The van der Waals surface area contributed by atoms with Crippen LogP contribution in [0.4, 0.5) is 13.2 Å². The van der Waals surface area contributed by atoms with Crippen molar-refractivity contribution in [2.75, 3.05) is 13.3 Å². The second-order valence-corrected chi connectivity index (χ2v) is 11.9. The highest BCUT2D eigenvalue weighted by Gasteiger charge is 2.49. The Labute approximate surface area is 148 Å². The van der Waals surface area contributed by atoms with Crippen molar-refractivity contribution in [1.82, 2.24) is 0 Å². The summed E-state index contributed by atoms with van der Waals surface area (Å²) in [6.45, 7) is 4.10. The number of benzene rings is 2. The van der Waals surface area contributed by atoms with E-state index in [0.717, 1.165) is 5.56 Å². The van der Waals surface area contributed by atoms with Crippen LogP contribution in [0.2, 0.25) is 0 Å². The van der Waals surface area contributed by atoms with E-state index in [-0.39, 0.29) is 7.92 Å². The molecule has 3 nitrogen and oxygen atoms in total. The van der Waals surface area contributed by atoms with Gasteiger partial charge in [-0.25, -0.2) is 0 Å². The van der Waals surface area contributed by atoms with Crippen LogP contribution < -0.4 is 10.4 Å². The van der Waals surface area contributed by atoms with Gasteiger partial charge in [0.2, 0.25) is 0 Å². The van der Waals surface area contributed by atoms with Gasteiger partial charge in [-0.15, -0.1) is 7.92 Å². The Morgan fingerprint density at radius 1 is 1.00 bits per heavy atom. The van der Waals surface area contributed by atoms with Crippen molar-refractivity contribution in [3.8, 4) is 0 Å². The average Bonchev–Trinajstić information content (AvgIpc) is 2.52. The van der Waals surface area contributed by atoms with Crippen LogP contribution in [0, 0.1) is 0 Å². The first-order valence-electron chi connectivity index (χ1n) is 7.28. The minimum atomic E-state index is -5.69. The van der Waals surface area contributed by atoms with Gasteiger partial charge < -0.3 is 0 Å². The van der Waals surface area contributed by atoms with Crippen molar-refractivity contribution in [2.24, 2.45) is 0 Å². The van der Waals surface area contributed by atoms with Crippen molar-refractivity contribution >= 4 is 37.5 Å². The van der Waals surface area contributed by atoms with E-state index in [4.69, 9.17) is 3.87 Å². The van der Waals surface area contributed by atoms with Crippen LogP contribution in [0.15, 0.2) is 54.6 Å². The molecule has 0 spiro atoms. The van der Waals surface area contributed by atoms with Gasteiger partial charge in [-0.05, 0) is 35.4 Å². The van der Waals surface area contributed by atoms with Crippen LogP contribution in [0.25, 0.3) is 0 Å². The van der Waals surface area contributed by atoms with Crippen molar-refractivity contribution in [3.05, 3.63) is 60.2 Å². The lowest BCUT2D eigenvalue weighted by molar-refractivity contribution is -0.0500. The minimum absolute atomic E-state index is 0.353. The number of halogens is 3. The van der Waals surface area contributed by atoms with E-state index < -0.39 is 24.7 Å². The van der Waals surface area contributed by atoms with Crippen LogP contribution in [0.5, 0.6) is 0 Å². The third-order valence-electron chi connectivity index (χ3n) is 3.26. The summed E-state index contributed by atoms with van der Waals surface area (Å²) in [5, 5.41) is 0.979. The first kappa shape index (κ1) is 20.1. The maximum absolute atomic E-state index is 12.8. The molecular weight excluding hydrogens is 388 g/mol. The largest absolute Gasteiger partial charge is 0.522 e. The van der Waals surface area contributed by atoms with E-state index in [1.807, 2.05) is 19.4 Å². The third-order valence-corrected chi connectivity index (χ3v) is 8.18. The molecule has 2 rings (SSSR count). The monoisotopic (exact) mass is 405 g/mol. The van der Waals surface area contributed by atoms with E-state index in [1.165, 1.54) is 0 Å². The molecule has 9 heteroatoms. The van der Waals surface area contributed by atoms with Crippen LogP contribution in [-0.4, -0.2) is 36.3 Å². The van der Waals surface area contributed by atoms with Crippen LogP contribution >= 0.6 is 7.92 Å². The molecule has 0 saturated carbocycles. The van der Waals surface area contributed by atoms with E-state index in [2.05, 4.69) is 0 Å². The first-order chi connectivity index (χ1) is 11.6. The summed E-state index contributed by atoms with van der Waals surface area (Å²) in [5.74, 6) is 0. The molecule has 2 aromatic rings. The molecule has 0 N–H and O–H groups in total. The fraction of sp³-hybridized carbons (Fsp3) is 0.250. The molecule has 0 heterocycles. The Morgan fingerprint density at radius 3 is 2.12 bits per heavy atom. The Kier molecular flexibility index (Phi) is 6.43. The fourth-order valence-corrected chi connectivity index (χ4v) is 6.84. The van der Waals surface area contributed by atoms with Gasteiger partial charge in [0, 0.05) is 0 Å². The predicted octanol–water partition coefficient (Wildman–Crippen LogP) is 2.90. The first-order valence-corrected chi connectivity index (χ1v) is 12.5. The summed E-state index contributed by atoms with van der Waals surface area (Å²) >= 11 is 0. The van der Waals surface area contributed by atoms with Crippen LogP contribution in [0.3, 0.4) is 0 Å². The van der Waals surface area contributed by atoms with Crippen LogP contribution in [0.1, 0.15) is 5.56 Å². The fourth-order valence-electron chi connectivity index (χ4n) is 2.22. The van der Waals surface area contributed by atoms with Gasteiger partial charge in [-0.2, -0.15) is 21.6 Å². The van der Waals surface area contributed by atoms with Crippen molar-refractivity contribution in [1.29, 1.82) is 0 Å². The highest BCUT2D eigenvalue weighted by Crippen LogP contribution is 2.30. The quantitative estimate of drug-likeness (QED) is 0.422. The van der Waals surface area contributed by atoms with Crippen molar-refractivity contribution in [3.63, 3.8) is 0 Å². The highest BCUT2D eigenvalue weighted by molar-refractivity contribution is 7.88. The molecule has 0 aliphatic heterocycles. The summed E-state index contributed by atoms with van der Waals surface area (Å²) in [4.78, 5) is 0. The van der Waals surface area contributed by atoms with E-state index in [1.54, 1.807) is 48.5 Å². The number of hydrogen-bond donors (Lipinski definition) is 0. The summed E-state index contributed by atoms with van der Waals surface area (Å²) in [6, 6.07) is 15.2. The van der Waals surface area contributed by atoms with E-state index in [0.29, 0.717) is 16.5 Å². The Balaban J connectivity index is 2.55. The molecule has 0 amide bonds. The second kappa shape index (κ2) is 7.99. The predicted molar refractivity (Wildman–Crippen MR) is 96.4 cm³/mol. The van der Waals surface area contributed by atoms with Gasteiger partial charge in [0.25, 0.3) is 0 Å². The number of rotatable bonds is 6. The summed E-state index contributed by atoms with van der Waals surface area (Å²) in [6.07, 6.45) is 0.682. The smallest absolute Gasteiger partial charge is 0.296 e. The number of hydrogen-bond acceptors (Lipinski definition) is 3. The zero-order valence-corrected chi connectivity index (χ0v) is 16.3. The van der Waals surface area contributed by atoms with E-state index >= 15 is 0 Å². The molecule has 25 heavy (non-hydrogen) atoms. The lowest BCUT2D eigenvalue weighted by Gasteiger charge is -2.20. The number of alkyl halides is 3. The second-order valence-electron chi connectivity index (χ2n) is 5.57. The maximum Gasteiger partial charge on any atom is 0.522 e. The van der Waals surface area contributed by atoms with Crippen LogP contribution in [-0.2, 0) is 20.2 Å². The zero-order chi connectivity index (χ0) is 18.7. The van der Waals surface area contributed by atoms with E-state index in [9.17, 15) is 21.6 Å². The van der Waals surface area contributed by atoms with Crippen molar-refractivity contribution < 1.29 is 25.5 Å².